The fourth-order valence-corrected chi connectivity index (χ4v) is 3.77. The minimum Gasteiger partial charge on any atom is -0.348 e. The van der Waals surface area contributed by atoms with E-state index in [1.807, 2.05) is 54.7 Å². The van der Waals surface area contributed by atoms with Crippen molar-refractivity contribution in [2.75, 3.05) is 6.54 Å². The van der Waals surface area contributed by atoms with Gasteiger partial charge in [0.05, 0.1) is 6.04 Å². The average molecular weight is 396 g/mol. The normalized spacial score (nSPS) is 12.5. The van der Waals surface area contributed by atoms with Crippen molar-refractivity contribution >= 4 is 23.0 Å². The van der Waals surface area contributed by atoms with Gasteiger partial charge in [0, 0.05) is 41.9 Å². The van der Waals surface area contributed by atoms with Crippen LogP contribution in [0.3, 0.4) is 0 Å². The summed E-state index contributed by atoms with van der Waals surface area (Å²) in [4.78, 5) is 20.1. The molecule has 1 atom stereocenters. The zero-order valence-electron chi connectivity index (χ0n) is 16.5. The first-order valence-electron chi connectivity index (χ1n) is 9.97. The van der Waals surface area contributed by atoms with Gasteiger partial charge >= 0.3 is 0 Å². The number of amides is 1. The van der Waals surface area contributed by atoms with Crippen LogP contribution in [0.4, 0.5) is 0 Å². The number of carbonyl (C=O) groups is 1. The van der Waals surface area contributed by atoms with Crippen molar-refractivity contribution in [3.8, 4) is 0 Å². The first-order valence-corrected chi connectivity index (χ1v) is 9.97. The molecule has 0 fully saturated rings. The molecule has 0 unspecified atom stereocenters. The van der Waals surface area contributed by atoms with E-state index >= 15 is 0 Å². The highest BCUT2D eigenvalue weighted by Gasteiger charge is 2.24. The fraction of sp³-hybridized carbons (Fsp3) is 0.120. The van der Waals surface area contributed by atoms with E-state index in [0.717, 1.165) is 27.7 Å². The summed E-state index contributed by atoms with van der Waals surface area (Å²) >= 11 is 0. The van der Waals surface area contributed by atoms with E-state index in [0.29, 0.717) is 6.54 Å². The molecular formula is C25H24N4O. The number of carbonyl (C=O) groups excluding carboxylic acids is 1. The molecule has 30 heavy (non-hydrogen) atoms. The third kappa shape index (κ3) is 4.31. The second-order valence-corrected chi connectivity index (χ2v) is 7.13. The second kappa shape index (κ2) is 9.20. The van der Waals surface area contributed by atoms with Crippen LogP contribution in [0.2, 0.25) is 0 Å². The summed E-state index contributed by atoms with van der Waals surface area (Å²) in [6.07, 6.45) is 6.92. The zero-order chi connectivity index (χ0) is 20.8. The number of benzene rings is 2. The zero-order valence-corrected chi connectivity index (χ0v) is 16.5. The van der Waals surface area contributed by atoms with Crippen molar-refractivity contribution in [2.24, 2.45) is 5.73 Å². The Morgan fingerprint density at radius 1 is 1.00 bits per heavy atom. The van der Waals surface area contributed by atoms with Crippen molar-refractivity contribution < 1.29 is 4.79 Å². The van der Waals surface area contributed by atoms with Crippen molar-refractivity contribution in [3.63, 3.8) is 0 Å². The van der Waals surface area contributed by atoms with E-state index < -0.39 is 0 Å². The third-order valence-electron chi connectivity index (χ3n) is 5.20. The van der Waals surface area contributed by atoms with Crippen LogP contribution in [-0.4, -0.2) is 28.5 Å². The minimum absolute atomic E-state index is 0.0351. The Morgan fingerprint density at radius 3 is 2.30 bits per heavy atom. The van der Waals surface area contributed by atoms with Gasteiger partial charge in [-0.05, 0) is 29.3 Å². The molecule has 5 nitrogen and oxygen atoms in total. The lowest BCUT2D eigenvalue weighted by atomic mass is 9.85. The molecule has 0 aliphatic rings. The highest BCUT2D eigenvalue weighted by Crippen LogP contribution is 2.28. The number of aromatic nitrogens is 2. The first kappa shape index (κ1) is 19.6. The summed E-state index contributed by atoms with van der Waals surface area (Å²) in [5, 5.41) is 4.07. The molecular weight excluding hydrogens is 372 g/mol. The highest BCUT2D eigenvalue weighted by atomic mass is 16.1. The number of nitrogens with one attached hydrogen (secondary N) is 2. The van der Waals surface area contributed by atoms with Crippen LogP contribution in [0.1, 0.15) is 22.6 Å². The summed E-state index contributed by atoms with van der Waals surface area (Å²) in [6, 6.07) is 23.9. The Balaban J connectivity index is 1.56. The molecule has 1 amide bonds. The maximum atomic E-state index is 12.7. The van der Waals surface area contributed by atoms with Gasteiger partial charge in [0.1, 0.15) is 5.65 Å². The van der Waals surface area contributed by atoms with Crippen molar-refractivity contribution in [3.05, 3.63) is 108 Å². The van der Waals surface area contributed by atoms with E-state index in [4.69, 9.17) is 5.73 Å². The van der Waals surface area contributed by atoms with Crippen molar-refractivity contribution in [2.45, 2.75) is 12.0 Å². The van der Waals surface area contributed by atoms with Gasteiger partial charge in [-0.2, -0.15) is 0 Å². The van der Waals surface area contributed by atoms with Crippen LogP contribution < -0.4 is 11.1 Å². The molecule has 4 rings (SSSR count). The molecule has 2 aromatic carbocycles. The molecule has 0 aliphatic heterocycles. The second-order valence-electron chi connectivity index (χ2n) is 7.13. The first-order chi connectivity index (χ1) is 14.8. The van der Waals surface area contributed by atoms with Gasteiger partial charge in [-0.1, -0.05) is 60.7 Å². The predicted octanol–water partition coefficient (Wildman–Crippen LogP) is 3.85. The van der Waals surface area contributed by atoms with Crippen molar-refractivity contribution in [1.29, 1.82) is 0 Å². The van der Waals surface area contributed by atoms with Crippen LogP contribution in [0, 0.1) is 0 Å². The molecule has 5 heteroatoms. The number of fused-ring (bicyclic) bond motifs is 1. The van der Waals surface area contributed by atoms with Gasteiger partial charge in [0.25, 0.3) is 0 Å². The molecule has 0 saturated carbocycles. The monoisotopic (exact) mass is 396 g/mol. The van der Waals surface area contributed by atoms with Crippen LogP contribution >= 0.6 is 0 Å². The predicted molar refractivity (Wildman–Crippen MR) is 121 cm³/mol. The smallest absolute Gasteiger partial charge is 0.244 e. The van der Waals surface area contributed by atoms with Gasteiger partial charge < -0.3 is 16.0 Å². The Bertz CT molecular complexity index is 1100. The molecule has 4 N–H and O–H groups in total. The molecule has 2 heterocycles. The lowest BCUT2D eigenvalue weighted by Crippen LogP contribution is -2.44. The largest absolute Gasteiger partial charge is 0.348 e. The third-order valence-corrected chi connectivity index (χ3v) is 5.20. The summed E-state index contributed by atoms with van der Waals surface area (Å²) in [5.41, 5.74) is 10.1. The van der Waals surface area contributed by atoms with Crippen LogP contribution in [0.5, 0.6) is 0 Å². The van der Waals surface area contributed by atoms with Crippen LogP contribution in [0.25, 0.3) is 17.1 Å². The van der Waals surface area contributed by atoms with Crippen molar-refractivity contribution in [1.82, 2.24) is 15.3 Å². The molecule has 0 radical (unpaired) electrons. The van der Waals surface area contributed by atoms with E-state index in [1.165, 1.54) is 0 Å². The summed E-state index contributed by atoms with van der Waals surface area (Å²) < 4.78 is 0. The SMILES string of the molecule is NC[C@@H](NC(=O)C=Cc1c[nH]c2ncccc12)C(c1ccccc1)c1ccccc1. The van der Waals surface area contributed by atoms with Gasteiger partial charge in [-0.15, -0.1) is 0 Å². The Morgan fingerprint density at radius 2 is 1.67 bits per heavy atom. The minimum atomic E-state index is -0.239. The lowest BCUT2D eigenvalue weighted by Gasteiger charge is -2.27. The summed E-state index contributed by atoms with van der Waals surface area (Å²) in [6.45, 7) is 0.324. The number of nitrogens with two attached hydrogens (primary N) is 1. The highest BCUT2D eigenvalue weighted by molar-refractivity contribution is 5.95. The van der Waals surface area contributed by atoms with E-state index in [1.54, 1.807) is 18.3 Å². The Labute approximate surface area is 175 Å². The molecule has 0 saturated heterocycles. The van der Waals surface area contributed by atoms with E-state index in [9.17, 15) is 4.79 Å². The van der Waals surface area contributed by atoms with E-state index in [2.05, 4.69) is 39.6 Å². The summed E-state index contributed by atoms with van der Waals surface area (Å²) in [7, 11) is 0. The maximum absolute atomic E-state index is 12.7. The van der Waals surface area contributed by atoms with Gasteiger partial charge in [0.15, 0.2) is 0 Å². The quantitative estimate of drug-likeness (QED) is 0.415. The maximum Gasteiger partial charge on any atom is 0.244 e. The average Bonchev–Trinajstić information content (AvgIpc) is 3.22. The summed E-state index contributed by atoms with van der Waals surface area (Å²) in [5.74, 6) is -0.215. The van der Waals surface area contributed by atoms with E-state index in [-0.39, 0.29) is 17.9 Å². The standard InChI is InChI=1S/C25H24N4O/c26-16-22(24(18-8-3-1-4-9-18)19-10-5-2-6-11-19)29-23(30)14-13-20-17-28-25-21(20)12-7-15-27-25/h1-15,17,22,24H,16,26H2,(H,27,28)(H,29,30)/t22-/m1/s1. The number of hydrogen-bond acceptors (Lipinski definition) is 3. The van der Waals surface area contributed by atoms with Crippen LogP contribution in [-0.2, 0) is 4.79 Å². The fourth-order valence-electron chi connectivity index (χ4n) is 3.77. The number of aromatic amines is 1. The molecule has 150 valence electrons. The van der Waals surface area contributed by atoms with Gasteiger partial charge in [-0.25, -0.2) is 4.98 Å². The number of pyridine rings is 1. The molecule has 0 spiro atoms. The Kier molecular flexibility index (Phi) is 6.01. The van der Waals surface area contributed by atoms with Gasteiger partial charge in [0.2, 0.25) is 5.91 Å². The molecule has 2 aromatic heterocycles. The Hall–Kier alpha value is -3.70. The molecule has 0 bridgehead atoms. The number of rotatable bonds is 7. The number of nitrogens with zero attached hydrogens (tertiary/aromatic N) is 1. The molecule has 0 aliphatic carbocycles. The topological polar surface area (TPSA) is 83.8 Å². The molecule has 4 aromatic rings. The lowest BCUT2D eigenvalue weighted by molar-refractivity contribution is -0.117. The van der Waals surface area contributed by atoms with Gasteiger partial charge in [-0.3, -0.25) is 4.79 Å². The number of H-pyrrole nitrogens is 1. The van der Waals surface area contributed by atoms with Crippen LogP contribution in [0.15, 0.2) is 91.3 Å². The number of hydrogen-bond donors (Lipinski definition) is 3.